The summed E-state index contributed by atoms with van der Waals surface area (Å²) in [5.74, 6) is -2.22. The molecule has 0 spiro atoms. The quantitative estimate of drug-likeness (QED) is 0.192. The van der Waals surface area contributed by atoms with Crippen LogP contribution in [0.3, 0.4) is 0 Å². The van der Waals surface area contributed by atoms with Crippen molar-refractivity contribution in [1.29, 1.82) is 0 Å². The molecule has 0 saturated carbocycles. The van der Waals surface area contributed by atoms with Gasteiger partial charge in [0.25, 0.3) is 0 Å². The van der Waals surface area contributed by atoms with E-state index in [-0.39, 0.29) is 46.5 Å². The number of hydrogen-bond acceptors (Lipinski definition) is 8. The lowest BCUT2D eigenvalue weighted by Crippen LogP contribution is -2.54. The second-order valence-corrected chi connectivity index (χ2v) is 15.2. The third kappa shape index (κ3) is 6.18. The summed E-state index contributed by atoms with van der Waals surface area (Å²) >= 11 is 0. The number of carbonyl (C=O) groups is 3. The second-order valence-electron chi connectivity index (χ2n) is 15.2. The van der Waals surface area contributed by atoms with Gasteiger partial charge in [-0.15, -0.1) is 0 Å². The normalized spacial score (nSPS) is 28.8. The number of aliphatic carboxylic acids is 1. The number of allylic oxidation sites excluding steroid dienone is 3. The summed E-state index contributed by atoms with van der Waals surface area (Å²) in [7, 11) is 0. The van der Waals surface area contributed by atoms with Crippen molar-refractivity contribution >= 4 is 23.6 Å². The first-order valence-corrected chi connectivity index (χ1v) is 16.6. The van der Waals surface area contributed by atoms with Crippen LogP contribution in [0.2, 0.25) is 0 Å². The number of carboxylic acids is 1. The fraction of sp³-hybridized carbons (Fsp3) is 0.513. The molecule has 5 rings (SSSR count). The van der Waals surface area contributed by atoms with Gasteiger partial charge in [-0.3, -0.25) is 9.59 Å². The number of ketones is 2. The molecule has 0 radical (unpaired) electrons. The SMILES string of the molecule is CC(=O)[C@]1(C/C=C(\C)C(=O)O)OC(C)(C)C2CC=C3C(=O)c4c(O)c5c(c(CC=C(C)C)c4OC3[C@H]21)OC(C)(C/C=C\C(C)(C)O)C=C5. The number of hydrogen-bond donors (Lipinski definition) is 3. The number of phenols is 1. The summed E-state index contributed by atoms with van der Waals surface area (Å²) in [5, 5.41) is 31.5. The number of ether oxygens (including phenoxy) is 3. The van der Waals surface area contributed by atoms with E-state index in [0.29, 0.717) is 41.7 Å². The van der Waals surface area contributed by atoms with Crippen LogP contribution in [0.15, 0.2) is 53.2 Å². The molecule has 4 aliphatic rings. The van der Waals surface area contributed by atoms with Gasteiger partial charge in [-0.05, 0) is 87.3 Å². The van der Waals surface area contributed by atoms with Crippen molar-refractivity contribution in [2.45, 2.75) is 117 Å². The number of phenolic OH excluding ortho intramolecular Hbond substituents is 1. The van der Waals surface area contributed by atoms with E-state index in [4.69, 9.17) is 14.2 Å². The van der Waals surface area contributed by atoms with E-state index in [1.54, 1.807) is 26.0 Å². The maximum atomic E-state index is 14.5. The van der Waals surface area contributed by atoms with Crippen molar-refractivity contribution in [2.24, 2.45) is 11.8 Å². The van der Waals surface area contributed by atoms with E-state index >= 15 is 0 Å². The van der Waals surface area contributed by atoms with Crippen LogP contribution in [0.25, 0.3) is 6.08 Å². The summed E-state index contributed by atoms with van der Waals surface area (Å²) in [6.45, 7) is 16.0. The van der Waals surface area contributed by atoms with Crippen LogP contribution < -0.4 is 9.47 Å². The molecule has 9 nitrogen and oxygen atoms in total. The molecule has 5 atom stereocenters. The van der Waals surface area contributed by atoms with E-state index in [2.05, 4.69) is 0 Å². The van der Waals surface area contributed by atoms with Gasteiger partial charge in [0, 0.05) is 41.4 Å². The molecule has 3 aliphatic heterocycles. The van der Waals surface area contributed by atoms with Crippen molar-refractivity contribution in [1.82, 2.24) is 0 Å². The molecule has 1 saturated heterocycles. The minimum Gasteiger partial charge on any atom is -0.506 e. The zero-order valence-corrected chi connectivity index (χ0v) is 29.4. The molecule has 258 valence electrons. The Bertz CT molecular complexity index is 1710. The van der Waals surface area contributed by atoms with Gasteiger partial charge >= 0.3 is 5.97 Å². The number of Topliss-reactive ketones (excluding diaryl/α,β-unsaturated/α-hetero) is 2. The van der Waals surface area contributed by atoms with Crippen LogP contribution in [0.1, 0.15) is 103 Å². The van der Waals surface area contributed by atoms with Gasteiger partial charge in [-0.2, -0.15) is 0 Å². The lowest BCUT2D eigenvalue weighted by Gasteiger charge is -2.44. The predicted molar refractivity (Wildman–Crippen MR) is 182 cm³/mol. The van der Waals surface area contributed by atoms with Gasteiger partial charge < -0.3 is 29.5 Å². The lowest BCUT2D eigenvalue weighted by molar-refractivity contribution is -0.154. The second kappa shape index (κ2) is 12.2. The number of fused-ring (bicyclic) bond motifs is 5. The van der Waals surface area contributed by atoms with Crippen LogP contribution in [0.5, 0.6) is 17.2 Å². The molecule has 0 aromatic heterocycles. The average Bonchev–Trinajstić information content (AvgIpc) is 3.22. The molecule has 1 fully saturated rings. The third-order valence-electron chi connectivity index (χ3n) is 10.1. The number of aliphatic hydroxyl groups is 1. The minimum absolute atomic E-state index is 0.00371. The summed E-state index contributed by atoms with van der Waals surface area (Å²) in [6.07, 6.45) is 12.9. The first kappa shape index (κ1) is 35.4. The largest absolute Gasteiger partial charge is 0.506 e. The highest BCUT2D eigenvalue weighted by atomic mass is 16.5. The van der Waals surface area contributed by atoms with Gasteiger partial charge in [-0.25, -0.2) is 4.79 Å². The van der Waals surface area contributed by atoms with Gasteiger partial charge in [0.1, 0.15) is 40.1 Å². The highest BCUT2D eigenvalue weighted by Gasteiger charge is 2.66. The van der Waals surface area contributed by atoms with Crippen LogP contribution in [-0.4, -0.2) is 61.4 Å². The minimum atomic E-state index is -1.45. The number of rotatable bonds is 9. The first-order chi connectivity index (χ1) is 22.2. The Labute approximate surface area is 282 Å². The molecule has 1 aromatic carbocycles. The third-order valence-corrected chi connectivity index (χ3v) is 10.1. The van der Waals surface area contributed by atoms with Crippen LogP contribution in [0, 0.1) is 11.8 Å². The van der Waals surface area contributed by atoms with Crippen molar-refractivity contribution in [3.63, 3.8) is 0 Å². The Hall–Kier alpha value is -3.95. The van der Waals surface area contributed by atoms with Crippen LogP contribution in [-0.2, 0) is 20.7 Å². The Morgan fingerprint density at radius 3 is 2.35 bits per heavy atom. The molecule has 0 bridgehead atoms. The molecule has 3 heterocycles. The van der Waals surface area contributed by atoms with E-state index in [1.165, 1.54) is 19.9 Å². The maximum absolute atomic E-state index is 14.5. The maximum Gasteiger partial charge on any atom is 0.330 e. The topological polar surface area (TPSA) is 140 Å². The molecule has 1 aliphatic carbocycles. The smallest absolute Gasteiger partial charge is 0.330 e. The number of carbonyl (C=O) groups excluding carboxylic acids is 2. The number of benzene rings is 1. The Morgan fingerprint density at radius 2 is 1.75 bits per heavy atom. The molecule has 9 heteroatoms. The monoisotopic (exact) mass is 660 g/mol. The summed E-state index contributed by atoms with van der Waals surface area (Å²) in [5.41, 5.74) is -1.54. The van der Waals surface area contributed by atoms with Gasteiger partial charge in [0.2, 0.25) is 0 Å². The first-order valence-electron chi connectivity index (χ1n) is 16.6. The van der Waals surface area contributed by atoms with Crippen LogP contribution in [0.4, 0.5) is 0 Å². The number of carboxylic acid groups (broad SMARTS) is 1. The Morgan fingerprint density at radius 1 is 1.06 bits per heavy atom. The van der Waals surface area contributed by atoms with E-state index in [0.717, 1.165) is 5.57 Å². The summed E-state index contributed by atoms with van der Waals surface area (Å²) in [6, 6.07) is 0. The van der Waals surface area contributed by atoms with E-state index in [9.17, 15) is 29.7 Å². The lowest BCUT2D eigenvalue weighted by atomic mass is 9.63. The molecule has 3 unspecified atom stereocenters. The fourth-order valence-corrected chi connectivity index (χ4v) is 7.56. The summed E-state index contributed by atoms with van der Waals surface area (Å²) in [4.78, 5) is 39.8. The van der Waals surface area contributed by atoms with Gasteiger partial charge in [0.05, 0.1) is 16.8 Å². The fourth-order valence-electron chi connectivity index (χ4n) is 7.56. The van der Waals surface area contributed by atoms with Crippen molar-refractivity contribution < 1.29 is 43.9 Å². The summed E-state index contributed by atoms with van der Waals surface area (Å²) < 4.78 is 20.2. The molecule has 3 N–H and O–H groups in total. The zero-order valence-electron chi connectivity index (χ0n) is 29.4. The molecular formula is C39H48O9. The van der Waals surface area contributed by atoms with Crippen molar-refractivity contribution in [3.8, 4) is 17.2 Å². The van der Waals surface area contributed by atoms with Crippen molar-refractivity contribution in [3.05, 3.63) is 69.9 Å². The van der Waals surface area contributed by atoms with Crippen molar-refractivity contribution in [2.75, 3.05) is 0 Å². The van der Waals surface area contributed by atoms with Gasteiger partial charge in [0.15, 0.2) is 11.6 Å². The zero-order chi connectivity index (χ0) is 35.6. The van der Waals surface area contributed by atoms with E-state index in [1.807, 2.05) is 58.9 Å². The molecule has 48 heavy (non-hydrogen) atoms. The van der Waals surface area contributed by atoms with Crippen LogP contribution >= 0.6 is 0 Å². The molecule has 0 amide bonds. The predicted octanol–water partition coefficient (Wildman–Crippen LogP) is 6.85. The van der Waals surface area contributed by atoms with Gasteiger partial charge in [-0.1, -0.05) is 36.0 Å². The highest BCUT2D eigenvalue weighted by molar-refractivity contribution is 6.15. The molecular weight excluding hydrogens is 612 g/mol. The highest BCUT2D eigenvalue weighted by Crippen LogP contribution is 2.59. The number of aromatic hydroxyl groups is 1. The Balaban J connectivity index is 1.68. The standard InChI is InChI=1S/C39H48O9/c1-21(2)11-12-26-32-25(16-19-38(9,47-32)18-10-17-36(5,6)45)31(42)28-30(41)24-13-14-27-29(34(24)46-33(26)28)39(23(4)40,48-37(27,7)8)20-15-22(3)35(43)44/h10-11,13,15-17,19,27,29,34,42,45H,12,14,18,20H2,1-9H3,(H,43,44)/b17-10-,22-15+/t27?,29-,34?,38?,39-/m0/s1. The molecule has 1 aromatic rings. The average molecular weight is 661 g/mol. The Kier molecular flexibility index (Phi) is 8.97. The van der Waals surface area contributed by atoms with E-state index < -0.39 is 40.4 Å².